The van der Waals surface area contributed by atoms with Crippen molar-refractivity contribution in [2.45, 2.75) is 25.9 Å². The van der Waals surface area contributed by atoms with E-state index in [1.54, 1.807) is 13.0 Å². The number of carbonyl (C=O) groups excluding carboxylic acids is 2. The molecule has 0 saturated heterocycles. The zero-order chi connectivity index (χ0) is 12.2. The van der Waals surface area contributed by atoms with Crippen molar-refractivity contribution in [2.75, 3.05) is 0 Å². The van der Waals surface area contributed by atoms with Gasteiger partial charge in [-0.1, -0.05) is 6.92 Å². The summed E-state index contributed by atoms with van der Waals surface area (Å²) in [7, 11) is 0. The topological polar surface area (TPSA) is 61.4 Å². The number of furan rings is 1. The molecular formula is C12H11NO4. The number of rotatable bonds is 1. The van der Waals surface area contributed by atoms with E-state index < -0.39 is 11.6 Å². The fraction of sp³-hybridized carbons (Fsp3) is 0.333. The molecule has 0 aromatic carbocycles. The molecule has 5 nitrogen and oxygen atoms in total. The molecule has 0 saturated carbocycles. The number of carbonyl (C=O) groups is 2. The highest BCUT2D eigenvalue weighted by Crippen LogP contribution is 2.31. The lowest BCUT2D eigenvalue weighted by atomic mass is 10.0. The molecule has 17 heavy (non-hydrogen) atoms. The maximum Gasteiger partial charge on any atom is 0.356 e. The third-order valence-electron chi connectivity index (χ3n) is 3.28. The fourth-order valence-electron chi connectivity index (χ4n) is 2.05. The molecular weight excluding hydrogens is 222 g/mol. The first-order valence-electron chi connectivity index (χ1n) is 5.44. The second kappa shape index (κ2) is 3.00. The second-order valence-corrected chi connectivity index (χ2v) is 4.31. The molecule has 0 aliphatic carbocycles. The molecule has 0 bridgehead atoms. The molecule has 1 aliphatic rings. The van der Waals surface area contributed by atoms with E-state index in [-0.39, 0.29) is 11.6 Å². The molecule has 0 spiro atoms. The van der Waals surface area contributed by atoms with Gasteiger partial charge in [0.2, 0.25) is 0 Å². The van der Waals surface area contributed by atoms with Gasteiger partial charge in [0.25, 0.3) is 5.91 Å². The first-order chi connectivity index (χ1) is 8.07. The SMILES string of the molecule is CCC1(C)OC(=O)c2cc3occc3n2C1=O. The number of fused-ring (bicyclic) bond motifs is 3. The van der Waals surface area contributed by atoms with Gasteiger partial charge < -0.3 is 9.15 Å². The standard InChI is InChI=1S/C12H11NO4/c1-3-12(2)11(15)13-7-4-5-16-9(7)6-8(13)10(14)17-12/h4-6H,3H2,1-2H3. The maximum absolute atomic E-state index is 12.3. The van der Waals surface area contributed by atoms with E-state index in [1.165, 1.54) is 16.9 Å². The lowest BCUT2D eigenvalue weighted by molar-refractivity contribution is -0.0163. The smallest absolute Gasteiger partial charge is 0.356 e. The Morgan fingerprint density at radius 2 is 2.18 bits per heavy atom. The summed E-state index contributed by atoms with van der Waals surface area (Å²) in [5, 5.41) is 0. The summed E-state index contributed by atoms with van der Waals surface area (Å²) >= 11 is 0. The summed E-state index contributed by atoms with van der Waals surface area (Å²) in [6.07, 6.45) is 1.93. The Morgan fingerprint density at radius 1 is 1.41 bits per heavy atom. The average molecular weight is 233 g/mol. The van der Waals surface area contributed by atoms with Gasteiger partial charge in [-0.25, -0.2) is 4.79 Å². The third-order valence-corrected chi connectivity index (χ3v) is 3.28. The Morgan fingerprint density at radius 3 is 2.88 bits per heavy atom. The normalized spacial score (nSPS) is 23.9. The molecule has 0 amide bonds. The number of hydrogen-bond acceptors (Lipinski definition) is 4. The molecule has 0 fully saturated rings. The first-order valence-corrected chi connectivity index (χ1v) is 5.44. The van der Waals surface area contributed by atoms with Gasteiger partial charge in [0.1, 0.15) is 5.69 Å². The Kier molecular flexibility index (Phi) is 1.79. The van der Waals surface area contributed by atoms with Crippen LogP contribution in [0.25, 0.3) is 11.1 Å². The zero-order valence-corrected chi connectivity index (χ0v) is 9.52. The summed E-state index contributed by atoms with van der Waals surface area (Å²) in [6.45, 7) is 3.44. The van der Waals surface area contributed by atoms with Gasteiger partial charge in [-0.3, -0.25) is 9.36 Å². The van der Waals surface area contributed by atoms with Crippen LogP contribution in [0, 0.1) is 0 Å². The van der Waals surface area contributed by atoms with E-state index in [1.807, 2.05) is 6.92 Å². The summed E-state index contributed by atoms with van der Waals surface area (Å²) < 4.78 is 11.8. The number of aromatic nitrogens is 1. The van der Waals surface area contributed by atoms with Crippen LogP contribution in [-0.4, -0.2) is 22.0 Å². The van der Waals surface area contributed by atoms with Crippen molar-refractivity contribution in [1.29, 1.82) is 0 Å². The fourth-order valence-corrected chi connectivity index (χ4v) is 2.05. The van der Waals surface area contributed by atoms with Crippen LogP contribution >= 0.6 is 0 Å². The summed E-state index contributed by atoms with van der Waals surface area (Å²) in [6, 6.07) is 3.20. The molecule has 3 heterocycles. The molecule has 0 N–H and O–H groups in total. The van der Waals surface area contributed by atoms with Crippen molar-refractivity contribution >= 4 is 23.0 Å². The van der Waals surface area contributed by atoms with Crippen LogP contribution in [0.4, 0.5) is 0 Å². The first kappa shape index (κ1) is 10.1. The minimum absolute atomic E-state index is 0.231. The van der Waals surface area contributed by atoms with Gasteiger partial charge >= 0.3 is 5.97 Å². The molecule has 0 radical (unpaired) electrons. The van der Waals surface area contributed by atoms with Gasteiger partial charge in [0, 0.05) is 12.1 Å². The van der Waals surface area contributed by atoms with Crippen LogP contribution in [0.15, 0.2) is 22.8 Å². The van der Waals surface area contributed by atoms with Crippen LogP contribution in [0.3, 0.4) is 0 Å². The van der Waals surface area contributed by atoms with Crippen molar-refractivity contribution in [3.8, 4) is 0 Å². The highest BCUT2D eigenvalue weighted by atomic mass is 16.6. The number of ether oxygens (including phenoxy) is 1. The summed E-state index contributed by atoms with van der Waals surface area (Å²) in [4.78, 5) is 24.2. The largest absolute Gasteiger partial charge is 0.463 e. The van der Waals surface area contributed by atoms with Crippen molar-refractivity contribution in [2.24, 2.45) is 0 Å². The average Bonchev–Trinajstić information content (AvgIpc) is 2.85. The second-order valence-electron chi connectivity index (χ2n) is 4.31. The molecule has 88 valence electrons. The molecule has 1 atom stereocenters. The van der Waals surface area contributed by atoms with Gasteiger partial charge in [0.15, 0.2) is 11.2 Å². The molecule has 2 aromatic heterocycles. The van der Waals surface area contributed by atoms with Crippen molar-refractivity contribution < 1.29 is 18.7 Å². The molecule has 1 unspecified atom stereocenters. The van der Waals surface area contributed by atoms with Gasteiger partial charge in [0.05, 0.1) is 11.8 Å². The van der Waals surface area contributed by atoms with Crippen LogP contribution in [0.1, 0.15) is 35.6 Å². The number of hydrogen-bond donors (Lipinski definition) is 0. The number of esters is 1. The monoisotopic (exact) mass is 233 g/mol. The molecule has 1 aliphatic heterocycles. The van der Waals surface area contributed by atoms with Crippen molar-refractivity contribution in [1.82, 2.24) is 4.57 Å². The molecule has 2 aromatic rings. The van der Waals surface area contributed by atoms with Gasteiger partial charge in [-0.15, -0.1) is 0 Å². The van der Waals surface area contributed by atoms with Crippen molar-refractivity contribution in [3.63, 3.8) is 0 Å². The van der Waals surface area contributed by atoms with E-state index in [9.17, 15) is 9.59 Å². The van der Waals surface area contributed by atoms with Gasteiger partial charge in [-0.05, 0) is 13.3 Å². The lowest BCUT2D eigenvalue weighted by Crippen LogP contribution is -2.48. The predicted octanol–water partition coefficient (Wildman–Crippen LogP) is 2.21. The van der Waals surface area contributed by atoms with Crippen LogP contribution in [-0.2, 0) is 4.74 Å². The summed E-state index contributed by atoms with van der Waals surface area (Å²) in [5.74, 6) is -0.716. The van der Waals surface area contributed by atoms with E-state index in [2.05, 4.69) is 0 Å². The van der Waals surface area contributed by atoms with E-state index >= 15 is 0 Å². The zero-order valence-electron chi connectivity index (χ0n) is 9.52. The number of nitrogens with zero attached hydrogens (tertiary/aromatic N) is 1. The molecule has 3 rings (SSSR count). The minimum Gasteiger partial charge on any atom is -0.463 e. The Labute approximate surface area is 96.9 Å². The highest BCUT2D eigenvalue weighted by molar-refractivity contribution is 6.07. The summed E-state index contributed by atoms with van der Waals surface area (Å²) in [5.41, 5.74) is 0.273. The molecule has 5 heteroatoms. The van der Waals surface area contributed by atoms with Crippen molar-refractivity contribution in [3.05, 3.63) is 24.1 Å². The van der Waals surface area contributed by atoms with Crippen LogP contribution in [0.5, 0.6) is 0 Å². The Hall–Kier alpha value is -2.04. The van der Waals surface area contributed by atoms with Crippen LogP contribution in [0.2, 0.25) is 0 Å². The third kappa shape index (κ3) is 1.13. The van der Waals surface area contributed by atoms with Crippen LogP contribution < -0.4 is 0 Å². The highest BCUT2D eigenvalue weighted by Gasteiger charge is 2.44. The van der Waals surface area contributed by atoms with E-state index in [0.29, 0.717) is 17.5 Å². The quantitative estimate of drug-likeness (QED) is 0.708. The number of cyclic esters (lactones) is 1. The lowest BCUT2D eigenvalue weighted by Gasteiger charge is -2.31. The Bertz CT molecular complexity index is 636. The van der Waals surface area contributed by atoms with Gasteiger partial charge in [-0.2, -0.15) is 0 Å². The minimum atomic E-state index is -1.09. The van der Waals surface area contributed by atoms with E-state index in [4.69, 9.17) is 9.15 Å². The Balaban J connectivity index is 2.32. The van der Waals surface area contributed by atoms with E-state index in [0.717, 1.165) is 0 Å². The maximum atomic E-state index is 12.3. The predicted molar refractivity (Wildman–Crippen MR) is 58.9 cm³/mol.